The molecule has 2 rings (SSSR count). The molecule has 0 heterocycles. The van der Waals surface area contributed by atoms with E-state index in [4.69, 9.17) is 5.11 Å². The molecule has 0 atom stereocenters. The third kappa shape index (κ3) is 2.35. The van der Waals surface area contributed by atoms with Gasteiger partial charge in [0.15, 0.2) is 0 Å². The Bertz CT molecular complexity index is 408. The molecule has 0 spiro atoms. The fraction of sp³-hybridized carbons (Fsp3) is 0.462. The maximum atomic E-state index is 10.7. The van der Waals surface area contributed by atoms with Gasteiger partial charge in [0.25, 0.3) is 0 Å². The van der Waals surface area contributed by atoms with Crippen molar-refractivity contribution in [1.29, 1.82) is 0 Å². The Morgan fingerprint density at radius 2 is 2.12 bits per heavy atom. The maximum Gasteiger partial charge on any atom is 0.405 e. The van der Waals surface area contributed by atoms with Crippen LogP contribution in [0.2, 0.25) is 0 Å². The second kappa shape index (κ2) is 3.81. The van der Waals surface area contributed by atoms with Crippen LogP contribution in [0.4, 0.5) is 4.79 Å². The molecule has 1 aliphatic carbocycles. The van der Waals surface area contributed by atoms with Gasteiger partial charge in [0.1, 0.15) is 0 Å². The first-order chi connectivity index (χ1) is 7.49. The van der Waals surface area contributed by atoms with E-state index in [0.29, 0.717) is 5.92 Å². The molecule has 16 heavy (non-hydrogen) atoms. The van der Waals surface area contributed by atoms with Gasteiger partial charge in [-0.25, -0.2) is 4.79 Å². The number of nitrogens with one attached hydrogen (secondary N) is 1. The summed E-state index contributed by atoms with van der Waals surface area (Å²) in [6, 6.07) is 8.22. The molecule has 2 N–H and O–H groups in total. The largest absolute Gasteiger partial charge is 0.465 e. The molecule has 0 bridgehead atoms. The number of benzene rings is 1. The maximum absolute atomic E-state index is 10.7. The number of carboxylic acid groups (broad SMARTS) is 1. The Morgan fingerprint density at radius 3 is 2.69 bits per heavy atom. The van der Waals surface area contributed by atoms with Crippen LogP contribution in [-0.4, -0.2) is 11.2 Å². The van der Waals surface area contributed by atoms with Crippen LogP contribution in [0.25, 0.3) is 0 Å². The molecule has 0 radical (unpaired) electrons. The van der Waals surface area contributed by atoms with Crippen LogP contribution < -0.4 is 5.32 Å². The van der Waals surface area contributed by atoms with Crippen LogP contribution in [0.3, 0.4) is 0 Å². The van der Waals surface area contributed by atoms with Crippen molar-refractivity contribution in [1.82, 2.24) is 5.32 Å². The van der Waals surface area contributed by atoms with Gasteiger partial charge in [0.2, 0.25) is 0 Å². The van der Waals surface area contributed by atoms with E-state index in [-0.39, 0.29) is 0 Å². The number of hydrogen-bond acceptors (Lipinski definition) is 1. The molecule has 1 amide bonds. The third-order valence-electron chi connectivity index (χ3n) is 3.08. The Labute approximate surface area is 95.5 Å². The lowest BCUT2D eigenvalue weighted by Crippen LogP contribution is -2.40. The summed E-state index contributed by atoms with van der Waals surface area (Å²) in [5.41, 5.74) is 1.83. The Morgan fingerprint density at radius 1 is 1.44 bits per heavy atom. The second-order valence-corrected chi connectivity index (χ2v) is 4.95. The Balaban J connectivity index is 2.24. The zero-order valence-corrected chi connectivity index (χ0v) is 9.66. The standard InChI is InChI=1S/C13H17NO2/c1-13(2,14-12(15)16)11-5-3-4-10(8-11)9-6-7-9/h3-5,8-9,14H,6-7H2,1-2H3,(H,15,16). The fourth-order valence-electron chi connectivity index (χ4n) is 1.94. The molecule has 1 fully saturated rings. The SMILES string of the molecule is CC(C)(NC(=O)O)c1cccc(C2CC2)c1. The average molecular weight is 219 g/mol. The van der Waals surface area contributed by atoms with Crippen LogP contribution in [0.5, 0.6) is 0 Å². The van der Waals surface area contributed by atoms with Gasteiger partial charge in [0, 0.05) is 0 Å². The highest BCUT2D eigenvalue weighted by atomic mass is 16.4. The summed E-state index contributed by atoms with van der Waals surface area (Å²) >= 11 is 0. The first-order valence-electron chi connectivity index (χ1n) is 5.60. The quantitative estimate of drug-likeness (QED) is 0.820. The molecule has 0 aliphatic heterocycles. The zero-order chi connectivity index (χ0) is 11.8. The zero-order valence-electron chi connectivity index (χ0n) is 9.66. The minimum atomic E-state index is -0.984. The molecule has 1 saturated carbocycles. The van der Waals surface area contributed by atoms with Crippen molar-refractivity contribution in [2.24, 2.45) is 0 Å². The van der Waals surface area contributed by atoms with Crippen molar-refractivity contribution in [3.8, 4) is 0 Å². The summed E-state index contributed by atoms with van der Waals surface area (Å²) in [4.78, 5) is 10.7. The van der Waals surface area contributed by atoms with Crippen molar-refractivity contribution in [3.63, 3.8) is 0 Å². The molecule has 0 saturated heterocycles. The van der Waals surface area contributed by atoms with Crippen molar-refractivity contribution >= 4 is 6.09 Å². The van der Waals surface area contributed by atoms with Crippen LogP contribution in [0.1, 0.15) is 43.7 Å². The highest BCUT2D eigenvalue weighted by Gasteiger charge is 2.27. The van der Waals surface area contributed by atoms with Crippen LogP contribution in [-0.2, 0) is 5.54 Å². The van der Waals surface area contributed by atoms with E-state index < -0.39 is 11.6 Å². The first-order valence-corrected chi connectivity index (χ1v) is 5.60. The molecule has 1 aromatic carbocycles. The first kappa shape index (κ1) is 11.0. The molecular weight excluding hydrogens is 202 g/mol. The monoisotopic (exact) mass is 219 g/mol. The Kier molecular flexibility index (Phi) is 2.62. The summed E-state index contributed by atoms with van der Waals surface area (Å²) in [7, 11) is 0. The van der Waals surface area contributed by atoms with Crippen LogP contribution in [0.15, 0.2) is 24.3 Å². The normalized spacial score (nSPS) is 15.9. The molecule has 3 heteroatoms. The van der Waals surface area contributed by atoms with Gasteiger partial charge in [-0.3, -0.25) is 0 Å². The molecule has 1 aliphatic rings. The lowest BCUT2D eigenvalue weighted by Gasteiger charge is -2.25. The number of amides is 1. The van der Waals surface area contributed by atoms with Gasteiger partial charge in [-0.2, -0.15) is 0 Å². The average Bonchev–Trinajstić information content (AvgIpc) is 2.99. The molecule has 1 aromatic rings. The lowest BCUT2D eigenvalue weighted by atomic mass is 9.92. The molecular formula is C13H17NO2. The summed E-state index contributed by atoms with van der Waals surface area (Å²) in [6.45, 7) is 3.76. The van der Waals surface area contributed by atoms with Gasteiger partial charge in [0.05, 0.1) is 5.54 Å². The number of hydrogen-bond donors (Lipinski definition) is 2. The van der Waals surface area contributed by atoms with E-state index in [2.05, 4.69) is 17.4 Å². The third-order valence-corrected chi connectivity index (χ3v) is 3.08. The summed E-state index contributed by atoms with van der Waals surface area (Å²) < 4.78 is 0. The van der Waals surface area contributed by atoms with Crippen molar-refractivity contribution < 1.29 is 9.90 Å². The van der Waals surface area contributed by atoms with E-state index in [1.807, 2.05) is 26.0 Å². The predicted molar refractivity (Wildman–Crippen MR) is 62.6 cm³/mol. The number of carbonyl (C=O) groups is 1. The van der Waals surface area contributed by atoms with E-state index in [0.717, 1.165) is 5.56 Å². The summed E-state index contributed by atoms with van der Waals surface area (Å²) in [5, 5.41) is 11.3. The topological polar surface area (TPSA) is 49.3 Å². The second-order valence-electron chi connectivity index (χ2n) is 4.95. The fourth-order valence-corrected chi connectivity index (χ4v) is 1.94. The highest BCUT2D eigenvalue weighted by Crippen LogP contribution is 2.40. The molecule has 86 valence electrons. The predicted octanol–water partition coefficient (Wildman–Crippen LogP) is 3.07. The van der Waals surface area contributed by atoms with E-state index in [9.17, 15) is 4.79 Å². The molecule has 3 nitrogen and oxygen atoms in total. The summed E-state index contributed by atoms with van der Waals surface area (Å²) in [6.07, 6.45) is 1.54. The minimum Gasteiger partial charge on any atom is -0.465 e. The van der Waals surface area contributed by atoms with E-state index >= 15 is 0 Å². The van der Waals surface area contributed by atoms with Gasteiger partial charge in [-0.1, -0.05) is 24.3 Å². The van der Waals surface area contributed by atoms with Gasteiger partial charge >= 0.3 is 6.09 Å². The van der Waals surface area contributed by atoms with Gasteiger partial charge in [-0.05, 0) is 43.7 Å². The highest BCUT2D eigenvalue weighted by molar-refractivity contribution is 5.66. The van der Waals surface area contributed by atoms with E-state index in [1.165, 1.54) is 18.4 Å². The van der Waals surface area contributed by atoms with Crippen LogP contribution >= 0.6 is 0 Å². The minimum absolute atomic E-state index is 0.531. The van der Waals surface area contributed by atoms with Crippen LogP contribution in [0, 0.1) is 0 Å². The molecule has 0 unspecified atom stereocenters. The van der Waals surface area contributed by atoms with E-state index in [1.54, 1.807) is 0 Å². The van der Waals surface area contributed by atoms with Gasteiger partial charge < -0.3 is 10.4 Å². The van der Waals surface area contributed by atoms with Crippen molar-refractivity contribution in [2.75, 3.05) is 0 Å². The van der Waals surface area contributed by atoms with Gasteiger partial charge in [-0.15, -0.1) is 0 Å². The van der Waals surface area contributed by atoms with Crippen molar-refractivity contribution in [2.45, 2.75) is 38.1 Å². The number of rotatable bonds is 3. The Hall–Kier alpha value is -1.51. The lowest BCUT2D eigenvalue weighted by molar-refractivity contribution is 0.182. The van der Waals surface area contributed by atoms with Crippen molar-refractivity contribution in [3.05, 3.63) is 35.4 Å². The smallest absolute Gasteiger partial charge is 0.405 e. The summed E-state index contributed by atoms with van der Waals surface area (Å²) in [5.74, 6) is 0.695. The molecule has 0 aromatic heterocycles.